The average molecular weight is 342 g/mol. The van der Waals surface area contributed by atoms with Crippen LogP contribution in [0, 0.1) is 0 Å². The van der Waals surface area contributed by atoms with Crippen LogP contribution in [-0.4, -0.2) is 45.5 Å². The molecule has 1 aromatic carbocycles. The molecule has 0 spiro atoms. The summed E-state index contributed by atoms with van der Waals surface area (Å²) in [6.07, 6.45) is 7.83. The Morgan fingerprint density at radius 2 is 2.00 bits per heavy atom. The number of carbonyl (C=O) groups is 1. The van der Waals surface area contributed by atoms with Gasteiger partial charge < -0.3 is 9.64 Å². The van der Waals surface area contributed by atoms with Crippen LogP contribution in [0.25, 0.3) is 0 Å². The molecule has 6 heteroatoms. The molecule has 6 nitrogen and oxygen atoms in total. The van der Waals surface area contributed by atoms with E-state index in [1.54, 1.807) is 6.20 Å². The summed E-state index contributed by atoms with van der Waals surface area (Å²) in [5, 5.41) is 7.92. The van der Waals surface area contributed by atoms with Gasteiger partial charge in [-0.2, -0.15) is 0 Å². The van der Waals surface area contributed by atoms with E-state index in [1.807, 2.05) is 27.9 Å². The third kappa shape index (κ3) is 4.81. The van der Waals surface area contributed by atoms with Gasteiger partial charge in [-0.3, -0.25) is 4.79 Å². The molecular formula is C19H26N4O2. The zero-order valence-corrected chi connectivity index (χ0v) is 14.8. The summed E-state index contributed by atoms with van der Waals surface area (Å²) in [5.74, 6) is 1.13. The quantitative estimate of drug-likeness (QED) is 0.776. The molecule has 2 aromatic rings. The molecule has 2 heterocycles. The second kappa shape index (κ2) is 8.65. The molecule has 0 bridgehead atoms. The third-order valence-electron chi connectivity index (χ3n) is 4.66. The molecule has 0 radical (unpaired) electrons. The molecule has 25 heavy (non-hydrogen) atoms. The number of aryl methyl sites for hydroxylation is 1. The van der Waals surface area contributed by atoms with Crippen LogP contribution in [0.2, 0.25) is 0 Å². The maximum atomic E-state index is 12.4. The fraction of sp³-hybridized carbons (Fsp3) is 0.526. The minimum atomic E-state index is 0.239. The van der Waals surface area contributed by atoms with E-state index in [2.05, 4.69) is 29.4 Å². The van der Waals surface area contributed by atoms with Crippen LogP contribution in [0.15, 0.2) is 36.7 Å². The molecule has 1 saturated heterocycles. The number of rotatable bonds is 7. The summed E-state index contributed by atoms with van der Waals surface area (Å²) >= 11 is 0. The van der Waals surface area contributed by atoms with E-state index in [0.29, 0.717) is 12.5 Å². The van der Waals surface area contributed by atoms with Crippen molar-refractivity contribution in [2.75, 3.05) is 19.7 Å². The topological polar surface area (TPSA) is 60.2 Å². The van der Waals surface area contributed by atoms with Crippen LogP contribution < -0.4 is 4.74 Å². The Labute approximate surface area is 148 Å². The molecule has 1 aromatic heterocycles. The fourth-order valence-electron chi connectivity index (χ4n) is 3.17. The van der Waals surface area contributed by atoms with Gasteiger partial charge in [0.05, 0.1) is 18.8 Å². The lowest BCUT2D eigenvalue weighted by molar-refractivity contribution is -0.132. The van der Waals surface area contributed by atoms with Crippen LogP contribution in [0.5, 0.6) is 5.75 Å². The third-order valence-corrected chi connectivity index (χ3v) is 4.66. The highest BCUT2D eigenvalue weighted by atomic mass is 16.5. The van der Waals surface area contributed by atoms with Crippen LogP contribution >= 0.6 is 0 Å². The van der Waals surface area contributed by atoms with Gasteiger partial charge in [0.15, 0.2) is 0 Å². The first-order chi connectivity index (χ1) is 12.3. The Kier molecular flexibility index (Phi) is 6.04. The summed E-state index contributed by atoms with van der Waals surface area (Å²) in [6, 6.07) is 8.44. The fourth-order valence-corrected chi connectivity index (χ4v) is 3.17. The van der Waals surface area contributed by atoms with Crippen LogP contribution in [-0.2, 0) is 11.2 Å². The highest BCUT2D eigenvalue weighted by molar-refractivity contribution is 5.76. The molecule has 1 amide bonds. The van der Waals surface area contributed by atoms with E-state index >= 15 is 0 Å². The highest BCUT2D eigenvalue weighted by Gasteiger charge is 2.23. The van der Waals surface area contributed by atoms with E-state index in [4.69, 9.17) is 4.74 Å². The molecular weight excluding hydrogens is 316 g/mol. The average Bonchev–Trinajstić information content (AvgIpc) is 3.20. The Balaban J connectivity index is 1.42. The Morgan fingerprint density at radius 1 is 1.24 bits per heavy atom. The summed E-state index contributed by atoms with van der Waals surface area (Å²) in [4.78, 5) is 14.4. The number of hydrogen-bond acceptors (Lipinski definition) is 4. The maximum absolute atomic E-state index is 12.4. The van der Waals surface area contributed by atoms with Gasteiger partial charge in [0.25, 0.3) is 0 Å². The molecule has 1 fully saturated rings. The summed E-state index contributed by atoms with van der Waals surface area (Å²) < 4.78 is 7.49. The number of aromatic nitrogens is 3. The number of nitrogens with zero attached hydrogens (tertiary/aromatic N) is 4. The lowest BCUT2D eigenvalue weighted by atomic mass is 10.0. The van der Waals surface area contributed by atoms with Crippen molar-refractivity contribution in [2.45, 2.75) is 45.1 Å². The number of carbonyl (C=O) groups excluding carboxylic acids is 1. The van der Waals surface area contributed by atoms with Crippen LogP contribution in [0.3, 0.4) is 0 Å². The predicted octanol–water partition coefficient (Wildman–Crippen LogP) is 2.86. The molecule has 0 atom stereocenters. The molecule has 0 saturated carbocycles. The molecule has 0 unspecified atom stereocenters. The first kappa shape index (κ1) is 17.5. The smallest absolute Gasteiger partial charge is 0.222 e. The van der Waals surface area contributed by atoms with Crippen molar-refractivity contribution >= 4 is 5.91 Å². The Bertz CT molecular complexity index is 647. The van der Waals surface area contributed by atoms with Gasteiger partial charge in [0.1, 0.15) is 5.75 Å². The van der Waals surface area contributed by atoms with Crippen molar-refractivity contribution < 1.29 is 9.53 Å². The van der Waals surface area contributed by atoms with Crippen LogP contribution in [0.1, 0.15) is 44.2 Å². The van der Waals surface area contributed by atoms with Gasteiger partial charge >= 0.3 is 0 Å². The van der Waals surface area contributed by atoms with Crippen molar-refractivity contribution in [1.29, 1.82) is 0 Å². The highest BCUT2D eigenvalue weighted by Crippen LogP contribution is 2.22. The van der Waals surface area contributed by atoms with Crippen molar-refractivity contribution in [2.24, 2.45) is 0 Å². The van der Waals surface area contributed by atoms with Crippen molar-refractivity contribution in [3.05, 3.63) is 42.2 Å². The molecule has 0 N–H and O–H groups in total. The zero-order valence-electron chi connectivity index (χ0n) is 14.8. The van der Waals surface area contributed by atoms with Crippen molar-refractivity contribution in [1.82, 2.24) is 19.9 Å². The van der Waals surface area contributed by atoms with Gasteiger partial charge in [0, 0.05) is 25.7 Å². The normalized spacial score (nSPS) is 15.3. The van der Waals surface area contributed by atoms with Gasteiger partial charge in [0.2, 0.25) is 5.91 Å². The van der Waals surface area contributed by atoms with Gasteiger partial charge in [-0.15, -0.1) is 5.10 Å². The SMILES string of the molecule is CCCOc1ccc(CCC(=O)N2CCC(n3ccnn3)CC2)cc1. The van der Waals surface area contributed by atoms with E-state index < -0.39 is 0 Å². The lowest BCUT2D eigenvalue weighted by Gasteiger charge is -2.32. The Morgan fingerprint density at radius 3 is 2.64 bits per heavy atom. The zero-order chi connectivity index (χ0) is 17.5. The molecule has 0 aliphatic carbocycles. The summed E-state index contributed by atoms with van der Waals surface area (Å²) in [7, 11) is 0. The van der Waals surface area contributed by atoms with Crippen molar-refractivity contribution in [3.8, 4) is 5.75 Å². The molecule has 1 aliphatic heterocycles. The second-order valence-corrected chi connectivity index (χ2v) is 6.49. The maximum Gasteiger partial charge on any atom is 0.222 e. The van der Waals surface area contributed by atoms with Crippen molar-refractivity contribution in [3.63, 3.8) is 0 Å². The first-order valence-electron chi connectivity index (χ1n) is 9.11. The summed E-state index contributed by atoms with van der Waals surface area (Å²) in [5.41, 5.74) is 1.18. The number of piperidine rings is 1. The molecule has 1 aliphatic rings. The van der Waals surface area contributed by atoms with Gasteiger partial charge in [-0.25, -0.2) is 4.68 Å². The van der Waals surface area contributed by atoms with E-state index in [9.17, 15) is 4.79 Å². The minimum Gasteiger partial charge on any atom is -0.494 e. The van der Waals surface area contributed by atoms with Gasteiger partial charge in [-0.1, -0.05) is 24.3 Å². The number of hydrogen-bond donors (Lipinski definition) is 0. The predicted molar refractivity (Wildman–Crippen MR) is 95.4 cm³/mol. The largest absolute Gasteiger partial charge is 0.494 e. The second-order valence-electron chi connectivity index (χ2n) is 6.49. The van der Waals surface area contributed by atoms with Gasteiger partial charge in [-0.05, 0) is 43.4 Å². The Hall–Kier alpha value is -2.37. The first-order valence-corrected chi connectivity index (χ1v) is 9.11. The summed E-state index contributed by atoms with van der Waals surface area (Å²) in [6.45, 7) is 4.43. The monoisotopic (exact) mass is 342 g/mol. The van der Waals surface area contributed by atoms with E-state index in [0.717, 1.165) is 51.1 Å². The number of amides is 1. The number of likely N-dealkylation sites (tertiary alicyclic amines) is 1. The van der Waals surface area contributed by atoms with Crippen LogP contribution in [0.4, 0.5) is 0 Å². The van der Waals surface area contributed by atoms with E-state index in [1.165, 1.54) is 5.56 Å². The molecule has 134 valence electrons. The standard InChI is InChI=1S/C19H26N4O2/c1-2-15-25-18-6-3-16(4-7-18)5-8-19(24)22-12-9-17(10-13-22)23-14-11-20-21-23/h3-4,6-7,11,14,17H,2,5,8-10,12-13,15H2,1H3. The minimum absolute atomic E-state index is 0.239. The molecule has 3 rings (SSSR count). The number of benzene rings is 1. The lowest BCUT2D eigenvalue weighted by Crippen LogP contribution is -2.39. The number of ether oxygens (including phenoxy) is 1. The van der Waals surface area contributed by atoms with E-state index in [-0.39, 0.29) is 5.91 Å².